The summed E-state index contributed by atoms with van der Waals surface area (Å²) in [6.45, 7) is 5.14. The lowest BCUT2D eigenvalue weighted by atomic mass is 9.98. The number of guanidine groups is 1. The summed E-state index contributed by atoms with van der Waals surface area (Å²) in [4.78, 5) is 4.31. The number of nitrogens with zero attached hydrogens (tertiary/aromatic N) is 1. The molecule has 4 nitrogen and oxygen atoms in total. The lowest BCUT2D eigenvalue weighted by Gasteiger charge is -2.24. The van der Waals surface area contributed by atoms with Crippen LogP contribution in [-0.4, -0.2) is 49.3 Å². The molecular weight excluding hydrogens is 421 g/mol. The van der Waals surface area contributed by atoms with Crippen LogP contribution in [0.15, 0.2) is 4.99 Å². The maximum Gasteiger partial charge on any atom is 0.191 e. The molecule has 1 saturated heterocycles. The Labute approximate surface area is 163 Å². The molecule has 1 atom stereocenters. The Morgan fingerprint density at radius 3 is 2.65 bits per heavy atom. The Morgan fingerprint density at radius 1 is 1.22 bits per heavy atom. The summed E-state index contributed by atoms with van der Waals surface area (Å²) in [6.07, 6.45) is 10.8. The van der Waals surface area contributed by atoms with Gasteiger partial charge in [0, 0.05) is 31.5 Å². The predicted molar refractivity (Wildman–Crippen MR) is 112 cm³/mol. The van der Waals surface area contributed by atoms with Crippen molar-refractivity contribution in [2.24, 2.45) is 4.99 Å². The van der Waals surface area contributed by atoms with E-state index in [1.807, 2.05) is 7.05 Å². The first-order valence-electron chi connectivity index (χ1n) is 8.92. The van der Waals surface area contributed by atoms with Crippen molar-refractivity contribution in [3.8, 4) is 0 Å². The Balaban J connectivity index is 0.00000264. The molecule has 136 valence electrons. The third-order valence-electron chi connectivity index (χ3n) is 4.67. The minimum absolute atomic E-state index is 0. The predicted octanol–water partition coefficient (Wildman–Crippen LogP) is 3.79. The lowest BCUT2D eigenvalue weighted by Crippen LogP contribution is -2.44. The van der Waals surface area contributed by atoms with Crippen molar-refractivity contribution in [2.75, 3.05) is 32.5 Å². The minimum Gasteiger partial charge on any atom is -0.378 e. The molecule has 1 aliphatic heterocycles. The van der Waals surface area contributed by atoms with Crippen molar-refractivity contribution < 1.29 is 4.74 Å². The zero-order valence-corrected chi connectivity index (χ0v) is 17.9. The average molecular weight is 455 g/mol. The van der Waals surface area contributed by atoms with Crippen LogP contribution in [0, 0.1) is 0 Å². The summed E-state index contributed by atoms with van der Waals surface area (Å²) in [5.74, 6) is 2.22. The van der Waals surface area contributed by atoms with Gasteiger partial charge >= 0.3 is 0 Å². The number of hydrogen-bond acceptors (Lipinski definition) is 3. The Bertz CT molecular complexity index is 343. The zero-order valence-electron chi connectivity index (χ0n) is 14.7. The molecule has 2 aliphatic rings. The van der Waals surface area contributed by atoms with Crippen LogP contribution in [0.5, 0.6) is 0 Å². The van der Waals surface area contributed by atoms with E-state index in [2.05, 4.69) is 34.3 Å². The van der Waals surface area contributed by atoms with Crippen molar-refractivity contribution in [1.29, 1.82) is 0 Å². The third kappa shape index (κ3) is 8.29. The maximum absolute atomic E-state index is 5.95. The molecule has 6 heteroatoms. The van der Waals surface area contributed by atoms with Crippen molar-refractivity contribution in [3.05, 3.63) is 0 Å². The number of nitrogens with one attached hydrogen (secondary N) is 2. The van der Waals surface area contributed by atoms with Gasteiger partial charge in [0.05, 0.1) is 6.10 Å². The molecule has 0 aromatic heterocycles. The van der Waals surface area contributed by atoms with Gasteiger partial charge in [-0.3, -0.25) is 4.99 Å². The Hall–Kier alpha value is 0.310. The fourth-order valence-electron chi connectivity index (χ4n) is 3.23. The molecule has 1 aliphatic carbocycles. The van der Waals surface area contributed by atoms with Crippen LogP contribution >= 0.6 is 35.7 Å². The summed E-state index contributed by atoms with van der Waals surface area (Å²) in [6, 6.07) is 0. The number of rotatable bonds is 7. The van der Waals surface area contributed by atoms with Crippen LogP contribution in [0.25, 0.3) is 0 Å². The molecule has 2 fully saturated rings. The third-order valence-corrected chi connectivity index (χ3v) is 6.21. The molecule has 1 saturated carbocycles. The lowest BCUT2D eigenvalue weighted by molar-refractivity contribution is 0.0277. The summed E-state index contributed by atoms with van der Waals surface area (Å²) in [5, 5.41) is 6.87. The summed E-state index contributed by atoms with van der Waals surface area (Å²) < 4.78 is 6.33. The largest absolute Gasteiger partial charge is 0.378 e. The van der Waals surface area contributed by atoms with E-state index in [0.717, 1.165) is 32.1 Å². The molecule has 23 heavy (non-hydrogen) atoms. The van der Waals surface area contributed by atoms with Crippen LogP contribution in [-0.2, 0) is 4.74 Å². The highest BCUT2D eigenvalue weighted by atomic mass is 127. The van der Waals surface area contributed by atoms with E-state index in [9.17, 15) is 0 Å². The zero-order chi connectivity index (χ0) is 15.7. The molecule has 0 aromatic carbocycles. The van der Waals surface area contributed by atoms with E-state index >= 15 is 0 Å². The number of ether oxygens (including phenoxy) is 1. The van der Waals surface area contributed by atoms with Gasteiger partial charge in [0.2, 0.25) is 0 Å². The second-order valence-corrected chi connectivity index (χ2v) is 8.42. The highest BCUT2D eigenvalue weighted by Gasteiger charge is 2.29. The van der Waals surface area contributed by atoms with Crippen molar-refractivity contribution in [1.82, 2.24) is 10.6 Å². The first-order chi connectivity index (χ1) is 10.7. The van der Waals surface area contributed by atoms with Gasteiger partial charge in [-0.25, -0.2) is 0 Å². The smallest absolute Gasteiger partial charge is 0.191 e. The van der Waals surface area contributed by atoms with E-state index in [1.54, 1.807) is 0 Å². The van der Waals surface area contributed by atoms with Crippen molar-refractivity contribution in [3.63, 3.8) is 0 Å². The Morgan fingerprint density at radius 2 is 2.00 bits per heavy atom. The van der Waals surface area contributed by atoms with E-state index < -0.39 is 0 Å². The van der Waals surface area contributed by atoms with Crippen LogP contribution in [0.1, 0.15) is 58.3 Å². The molecule has 0 radical (unpaired) electrons. The first-order valence-corrected chi connectivity index (χ1v) is 9.90. The van der Waals surface area contributed by atoms with Crippen LogP contribution in [0.4, 0.5) is 0 Å². The number of hydrogen-bond donors (Lipinski definition) is 2. The van der Waals surface area contributed by atoms with E-state index in [-0.39, 0.29) is 24.0 Å². The molecule has 1 unspecified atom stereocenters. The van der Waals surface area contributed by atoms with Gasteiger partial charge in [0.25, 0.3) is 0 Å². The molecule has 1 heterocycles. The SMILES string of the molecule is CN=C(NCCCOC1CCCCC1)NCC1(C)CCCS1.I. The topological polar surface area (TPSA) is 45.7 Å². The number of thioether (sulfide) groups is 1. The normalized spacial score (nSPS) is 25.9. The quantitative estimate of drug-likeness (QED) is 0.265. The second-order valence-electron chi connectivity index (χ2n) is 6.74. The summed E-state index contributed by atoms with van der Waals surface area (Å²) in [5.41, 5.74) is 0. The van der Waals surface area contributed by atoms with E-state index in [4.69, 9.17) is 4.74 Å². The molecule has 2 rings (SSSR count). The van der Waals surface area contributed by atoms with Crippen molar-refractivity contribution >= 4 is 41.7 Å². The molecular formula is C17H34IN3OS. The second kappa shape index (κ2) is 11.8. The van der Waals surface area contributed by atoms with Gasteiger partial charge in [-0.15, -0.1) is 24.0 Å². The summed E-state index contributed by atoms with van der Waals surface area (Å²) in [7, 11) is 1.85. The monoisotopic (exact) mass is 455 g/mol. The standard InChI is InChI=1S/C17H33N3OS.HI/c1-17(10-6-13-22-17)14-20-16(18-2)19-11-7-12-21-15-8-4-3-5-9-15;/h15H,3-14H2,1-2H3,(H2,18,19,20);1H. The molecule has 0 aromatic rings. The van der Waals surface area contributed by atoms with Gasteiger partial charge in [0.1, 0.15) is 0 Å². The van der Waals surface area contributed by atoms with Gasteiger partial charge < -0.3 is 15.4 Å². The average Bonchev–Trinajstić information content (AvgIpc) is 2.98. The highest BCUT2D eigenvalue weighted by molar-refractivity contribution is 14.0. The highest BCUT2D eigenvalue weighted by Crippen LogP contribution is 2.36. The molecule has 0 spiro atoms. The van der Waals surface area contributed by atoms with Gasteiger partial charge in [-0.2, -0.15) is 11.8 Å². The molecule has 0 bridgehead atoms. The van der Waals surface area contributed by atoms with Gasteiger partial charge in [0.15, 0.2) is 5.96 Å². The first kappa shape index (κ1) is 21.4. The fourth-order valence-corrected chi connectivity index (χ4v) is 4.47. The van der Waals surface area contributed by atoms with Crippen molar-refractivity contribution in [2.45, 2.75) is 69.1 Å². The van der Waals surface area contributed by atoms with Gasteiger partial charge in [-0.05, 0) is 44.8 Å². The van der Waals surface area contributed by atoms with E-state index in [1.165, 1.54) is 50.7 Å². The molecule has 0 amide bonds. The fraction of sp³-hybridized carbons (Fsp3) is 0.941. The number of aliphatic imine (C=N–C) groups is 1. The van der Waals surface area contributed by atoms with Crippen LogP contribution in [0.2, 0.25) is 0 Å². The maximum atomic E-state index is 5.95. The van der Waals surface area contributed by atoms with Crippen LogP contribution < -0.4 is 10.6 Å². The summed E-state index contributed by atoms with van der Waals surface area (Å²) >= 11 is 2.08. The Kier molecular flexibility index (Phi) is 10.9. The number of halogens is 1. The van der Waals surface area contributed by atoms with Crippen LogP contribution in [0.3, 0.4) is 0 Å². The van der Waals surface area contributed by atoms with Gasteiger partial charge in [-0.1, -0.05) is 19.3 Å². The minimum atomic E-state index is 0. The van der Waals surface area contributed by atoms with E-state index in [0.29, 0.717) is 10.9 Å². The molecule has 2 N–H and O–H groups in total.